The highest BCUT2D eigenvalue weighted by Gasteiger charge is 2.20. The lowest BCUT2D eigenvalue weighted by Crippen LogP contribution is -2.17. The molecule has 0 unspecified atom stereocenters. The van der Waals surface area contributed by atoms with Crippen LogP contribution >= 0.6 is 15.9 Å². The molecule has 2 rings (SSSR count). The largest absolute Gasteiger partial charge is 0.316 e. The predicted octanol–water partition coefficient (Wildman–Crippen LogP) is 2.07. The van der Waals surface area contributed by atoms with Crippen molar-refractivity contribution in [3.63, 3.8) is 0 Å². The van der Waals surface area contributed by atoms with Gasteiger partial charge in [0, 0.05) is 23.4 Å². The Morgan fingerprint density at radius 2 is 1.90 bits per heavy atom. The van der Waals surface area contributed by atoms with Crippen LogP contribution in [0.2, 0.25) is 0 Å². The summed E-state index contributed by atoms with van der Waals surface area (Å²) in [5.41, 5.74) is 1.50. The summed E-state index contributed by atoms with van der Waals surface area (Å²) in [6.45, 7) is 2.32. The van der Waals surface area contributed by atoms with Gasteiger partial charge in [0.1, 0.15) is 0 Å². The quantitative estimate of drug-likeness (QED) is 0.841. The van der Waals surface area contributed by atoms with Crippen LogP contribution in [0.25, 0.3) is 0 Å². The van der Waals surface area contributed by atoms with Gasteiger partial charge in [-0.1, -0.05) is 15.9 Å². The Kier molecular flexibility index (Phi) is 4.92. The zero-order chi connectivity index (χ0) is 15.5. The molecule has 1 aromatic carbocycles. The molecule has 8 heteroatoms. The maximum absolute atomic E-state index is 12.5. The Morgan fingerprint density at radius 1 is 1.24 bits per heavy atom. The SMILES string of the molecule is CNCc1cc(Br)c(C)c(S(=O)(=O)Nc2ncccn2)c1. The molecule has 2 aromatic rings. The van der Waals surface area contributed by atoms with Crippen LogP contribution in [0, 0.1) is 6.92 Å². The number of hydrogen-bond donors (Lipinski definition) is 2. The minimum atomic E-state index is -3.74. The van der Waals surface area contributed by atoms with Gasteiger partial charge in [-0.2, -0.15) is 0 Å². The third-order valence-electron chi connectivity index (χ3n) is 2.82. The third-order valence-corrected chi connectivity index (χ3v) is 5.10. The van der Waals surface area contributed by atoms with E-state index in [0.717, 1.165) is 10.0 Å². The fourth-order valence-corrected chi connectivity index (χ4v) is 3.73. The van der Waals surface area contributed by atoms with E-state index in [-0.39, 0.29) is 10.8 Å². The number of halogens is 1. The molecule has 6 nitrogen and oxygen atoms in total. The number of sulfonamides is 1. The lowest BCUT2D eigenvalue weighted by molar-refractivity contribution is 0.600. The molecule has 21 heavy (non-hydrogen) atoms. The van der Waals surface area contributed by atoms with Gasteiger partial charge >= 0.3 is 0 Å². The van der Waals surface area contributed by atoms with Gasteiger partial charge in [-0.05, 0) is 43.3 Å². The molecular formula is C13H15BrN4O2S. The van der Waals surface area contributed by atoms with E-state index in [1.807, 2.05) is 6.07 Å². The van der Waals surface area contributed by atoms with Gasteiger partial charge in [0.15, 0.2) is 0 Å². The maximum atomic E-state index is 12.5. The molecule has 1 aromatic heterocycles. The molecule has 112 valence electrons. The molecule has 0 saturated heterocycles. The molecular weight excluding hydrogens is 356 g/mol. The zero-order valence-corrected chi connectivity index (χ0v) is 14.0. The zero-order valence-electron chi connectivity index (χ0n) is 11.6. The van der Waals surface area contributed by atoms with E-state index in [0.29, 0.717) is 12.1 Å². The second-order valence-corrected chi connectivity index (χ2v) is 6.91. The fourth-order valence-electron chi connectivity index (χ4n) is 1.82. The summed E-state index contributed by atoms with van der Waals surface area (Å²) in [6.07, 6.45) is 2.95. The van der Waals surface area contributed by atoms with Crippen LogP contribution in [0.5, 0.6) is 0 Å². The Morgan fingerprint density at radius 3 is 2.52 bits per heavy atom. The first-order chi connectivity index (χ1) is 9.94. The second kappa shape index (κ2) is 6.50. The maximum Gasteiger partial charge on any atom is 0.264 e. The Hall–Kier alpha value is -1.51. The molecule has 0 bridgehead atoms. The summed E-state index contributed by atoms with van der Waals surface area (Å²) in [5.74, 6) is 0.0482. The van der Waals surface area contributed by atoms with Crippen molar-refractivity contribution >= 4 is 31.9 Å². The third kappa shape index (κ3) is 3.78. The summed E-state index contributed by atoms with van der Waals surface area (Å²) < 4.78 is 28.1. The summed E-state index contributed by atoms with van der Waals surface area (Å²) in [7, 11) is -1.94. The van der Waals surface area contributed by atoms with E-state index < -0.39 is 10.0 Å². The second-order valence-electron chi connectivity index (χ2n) is 4.41. The molecule has 0 radical (unpaired) electrons. The molecule has 0 fully saturated rings. The Balaban J connectivity index is 2.44. The number of rotatable bonds is 5. The van der Waals surface area contributed by atoms with Crippen LogP contribution in [0.3, 0.4) is 0 Å². The molecule has 0 aliphatic rings. The number of aromatic nitrogens is 2. The highest BCUT2D eigenvalue weighted by molar-refractivity contribution is 9.10. The fraction of sp³-hybridized carbons (Fsp3) is 0.231. The number of anilines is 1. The highest BCUT2D eigenvalue weighted by atomic mass is 79.9. The van der Waals surface area contributed by atoms with E-state index in [4.69, 9.17) is 0 Å². The molecule has 0 spiro atoms. The van der Waals surface area contributed by atoms with Crippen molar-refractivity contribution in [2.45, 2.75) is 18.4 Å². The molecule has 1 heterocycles. The highest BCUT2D eigenvalue weighted by Crippen LogP contribution is 2.26. The molecule has 0 atom stereocenters. The van der Waals surface area contributed by atoms with Crippen LogP contribution in [0.4, 0.5) is 5.95 Å². The number of hydrogen-bond acceptors (Lipinski definition) is 5. The van der Waals surface area contributed by atoms with Crippen molar-refractivity contribution in [2.24, 2.45) is 0 Å². The van der Waals surface area contributed by atoms with Gasteiger partial charge in [0.25, 0.3) is 10.0 Å². The van der Waals surface area contributed by atoms with Gasteiger partial charge in [-0.3, -0.25) is 0 Å². The monoisotopic (exact) mass is 370 g/mol. The molecule has 0 saturated carbocycles. The standard InChI is InChI=1S/C13H15BrN4O2S/c1-9-11(14)6-10(8-15-2)7-12(9)21(19,20)18-13-16-4-3-5-17-13/h3-7,15H,8H2,1-2H3,(H,16,17,18). The molecule has 0 amide bonds. The first-order valence-electron chi connectivity index (χ1n) is 6.17. The van der Waals surface area contributed by atoms with Crippen LogP contribution in [0.15, 0.2) is 40.0 Å². The van der Waals surface area contributed by atoms with Crippen molar-refractivity contribution in [3.05, 3.63) is 46.2 Å². The summed E-state index contributed by atoms with van der Waals surface area (Å²) >= 11 is 3.39. The van der Waals surface area contributed by atoms with E-state index in [9.17, 15) is 8.42 Å². The van der Waals surface area contributed by atoms with Crippen molar-refractivity contribution in [2.75, 3.05) is 11.8 Å². The van der Waals surface area contributed by atoms with Crippen LogP contribution in [-0.4, -0.2) is 25.4 Å². The summed E-state index contributed by atoms with van der Waals surface area (Å²) in [6, 6.07) is 5.15. The summed E-state index contributed by atoms with van der Waals surface area (Å²) in [5, 5.41) is 3.00. The smallest absolute Gasteiger partial charge is 0.264 e. The lowest BCUT2D eigenvalue weighted by Gasteiger charge is -2.12. The van der Waals surface area contributed by atoms with E-state index in [1.54, 1.807) is 26.1 Å². The number of benzene rings is 1. The van der Waals surface area contributed by atoms with Crippen molar-refractivity contribution in [3.8, 4) is 0 Å². The molecule has 0 aliphatic carbocycles. The summed E-state index contributed by atoms with van der Waals surface area (Å²) in [4.78, 5) is 7.95. The van der Waals surface area contributed by atoms with Crippen LogP contribution in [0.1, 0.15) is 11.1 Å². The average Bonchev–Trinajstić information content (AvgIpc) is 2.43. The van der Waals surface area contributed by atoms with Crippen molar-refractivity contribution in [1.82, 2.24) is 15.3 Å². The van der Waals surface area contributed by atoms with Gasteiger partial charge in [-0.15, -0.1) is 0 Å². The Bertz CT molecular complexity index is 735. The van der Waals surface area contributed by atoms with Crippen molar-refractivity contribution < 1.29 is 8.42 Å². The number of nitrogens with one attached hydrogen (secondary N) is 2. The minimum Gasteiger partial charge on any atom is -0.316 e. The van der Waals surface area contributed by atoms with Gasteiger partial charge in [0.2, 0.25) is 5.95 Å². The first-order valence-corrected chi connectivity index (χ1v) is 8.45. The first kappa shape index (κ1) is 15.9. The lowest BCUT2D eigenvalue weighted by atomic mass is 10.1. The predicted molar refractivity (Wildman–Crippen MR) is 84.5 cm³/mol. The molecule has 2 N–H and O–H groups in total. The average molecular weight is 371 g/mol. The Labute approximate surface area is 132 Å². The molecule has 0 aliphatic heterocycles. The van der Waals surface area contributed by atoms with Crippen molar-refractivity contribution in [1.29, 1.82) is 0 Å². The minimum absolute atomic E-state index is 0.0482. The number of nitrogens with zero attached hydrogens (tertiary/aromatic N) is 2. The topological polar surface area (TPSA) is 84.0 Å². The van der Waals surface area contributed by atoms with Crippen LogP contribution in [-0.2, 0) is 16.6 Å². The van der Waals surface area contributed by atoms with E-state index in [1.165, 1.54) is 12.4 Å². The van der Waals surface area contributed by atoms with E-state index >= 15 is 0 Å². The van der Waals surface area contributed by atoms with E-state index in [2.05, 4.69) is 35.9 Å². The normalized spacial score (nSPS) is 11.4. The van der Waals surface area contributed by atoms with Crippen LogP contribution < -0.4 is 10.0 Å². The van der Waals surface area contributed by atoms with Gasteiger partial charge in [-0.25, -0.2) is 23.1 Å². The van der Waals surface area contributed by atoms with Gasteiger partial charge < -0.3 is 5.32 Å². The van der Waals surface area contributed by atoms with Gasteiger partial charge in [0.05, 0.1) is 4.90 Å².